The van der Waals surface area contributed by atoms with E-state index in [1.165, 1.54) is 12.0 Å². The van der Waals surface area contributed by atoms with Gasteiger partial charge in [-0.1, -0.05) is 36.4 Å². The molecule has 0 aliphatic carbocycles. The second-order valence-electron chi connectivity index (χ2n) is 5.82. The van der Waals surface area contributed by atoms with Crippen molar-refractivity contribution < 1.29 is 4.79 Å². The zero-order valence-corrected chi connectivity index (χ0v) is 12.8. The Hall–Kier alpha value is -1.61. The standard InChI is InChI=1S/C18H26N2O/c1-2-3-9-18(21)19-14-17-11-13-20(15-17)12-10-16-7-5-4-6-8-16/h2,4-8,17H,1,3,9-15H2,(H,19,21). The van der Waals surface area contributed by atoms with E-state index in [1.54, 1.807) is 6.08 Å². The number of amides is 1. The summed E-state index contributed by atoms with van der Waals surface area (Å²) in [4.78, 5) is 14.1. The molecule has 0 radical (unpaired) electrons. The van der Waals surface area contributed by atoms with Gasteiger partial charge in [0.2, 0.25) is 5.91 Å². The highest BCUT2D eigenvalue weighted by atomic mass is 16.1. The maximum atomic E-state index is 11.6. The van der Waals surface area contributed by atoms with Crippen molar-refractivity contribution in [2.24, 2.45) is 5.92 Å². The van der Waals surface area contributed by atoms with Crippen molar-refractivity contribution in [3.05, 3.63) is 48.6 Å². The second-order valence-corrected chi connectivity index (χ2v) is 5.82. The molecule has 2 rings (SSSR count). The average molecular weight is 286 g/mol. The highest BCUT2D eigenvalue weighted by molar-refractivity contribution is 5.75. The van der Waals surface area contributed by atoms with Crippen molar-refractivity contribution >= 4 is 5.91 Å². The van der Waals surface area contributed by atoms with E-state index < -0.39 is 0 Å². The van der Waals surface area contributed by atoms with Crippen LogP contribution in [0, 0.1) is 5.92 Å². The molecule has 0 bridgehead atoms. The Morgan fingerprint density at radius 3 is 2.95 bits per heavy atom. The van der Waals surface area contributed by atoms with Crippen molar-refractivity contribution in [3.8, 4) is 0 Å². The van der Waals surface area contributed by atoms with Crippen molar-refractivity contribution in [1.82, 2.24) is 10.2 Å². The van der Waals surface area contributed by atoms with Gasteiger partial charge in [-0.3, -0.25) is 4.79 Å². The van der Waals surface area contributed by atoms with Crippen molar-refractivity contribution in [2.45, 2.75) is 25.7 Å². The molecule has 0 spiro atoms. The molecule has 1 aliphatic heterocycles. The number of hydrogen-bond acceptors (Lipinski definition) is 2. The Kier molecular flexibility index (Phi) is 6.48. The van der Waals surface area contributed by atoms with Crippen LogP contribution in [0.1, 0.15) is 24.8 Å². The molecule has 1 atom stereocenters. The molecular weight excluding hydrogens is 260 g/mol. The van der Waals surface area contributed by atoms with E-state index >= 15 is 0 Å². The Bertz CT molecular complexity index is 444. The molecule has 1 heterocycles. The summed E-state index contributed by atoms with van der Waals surface area (Å²) in [7, 11) is 0. The van der Waals surface area contributed by atoms with E-state index in [0.717, 1.165) is 39.0 Å². The molecule has 3 heteroatoms. The van der Waals surface area contributed by atoms with Crippen LogP contribution >= 0.6 is 0 Å². The third-order valence-corrected chi connectivity index (χ3v) is 4.09. The minimum absolute atomic E-state index is 0.151. The Balaban J connectivity index is 1.62. The van der Waals surface area contributed by atoms with Gasteiger partial charge < -0.3 is 10.2 Å². The van der Waals surface area contributed by atoms with E-state index in [4.69, 9.17) is 0 Å². The van der Waals surface area contributed by atoms with Crippen molar-refractivity contribution in [2.75, 3.05) is 26.2 Å². The van der Waals surface area contributed by atoms with Gasteiger partial charge in [0.15, 0.2) is 0 Å². The van der Waals surface area contributed by atoms with Gasteiger partial charge >= 0.3 is 0 Å². The first-order chi connectivity index (χ1) is 10.3. The number of hydrogen-bond donors (Lipinski definition) is 1. The number of allylic oxidation sites excluding steroid dienone is 1. The summed E-state index contributed by atoms with van der Waals surface area (Å²) in [6.07, 6.45) is 5.42. The molecule has 1 aromatic rings. The van der Waals surface area contributed by atoms with Crippen LogP contribution in [0.5, 0.6) is 0 Å². The number of carbonyl (C=O) groups excluding carboxylic acids is 1. The number of likely N-dealkylation sites (tertiary alicyclic amines) is 1. The molecule has 1 saturated heterocycles. The highest BCUT2D eigenvalue weighted by Crippen LogP contribution is 2.16. The fourth-order valence-corrected chi connectivity index (χ4v) is 2.79. The van der Waals surface area contributed by atoms with Gasteiger partial charge in [-0.25, -0.2) is 0 Å². The maximum Gasteiger partial charge on any atom is 0.220 e. The van der Waals surface area contributed by atoms with Gasteiger partial charge in [-0.15, -0.1) is 6.58 Å². The minimum Gasteiger partial charge on any atom is -0.356 e. The Labute approximate surface area is 128 Å². The lowest BCUT2D eigenvalue weighted by Gasteiger charge is -2.16. The largest absolute Gasteiger partial charge is 0.356 e. The number of benzene rings is 1. The summed E-state index contributed by atoms with van der Waals surface area (Å²) in [6, 6.07) is 10.6. The number of nitrogens with zero attached hydrogens (tertiary/aromatic N) is 1. The van der Waals surface area contributed by atoms with Crippen LogP contribution in [0.2, 0.25) is 0 Å². The second kappa shape index (κ2) is 8.63. The fourth-order valence-electron chi connectivity index (χ4n) is 2.79. The molecule has 21 heavy (non-hydrogen) atoms. The van der Waals surface area contributed by atoms with Gasteiger partial charge in [-0.2, -0.15) is 0 Å². The number of carbonyl (C=O) groups is 1. The van der Waals surface area contributed by atoms with Crippen LogP contribution < -0.4 is 5.32 Å². The first-order valence-electron chi connectivity index (χ1n) is 7.92. The molecule has 114 valence electrons. The summed E-state index contributed by atoms with van der Waals surface area (Å²) in [5, 5.41) is 3.04. The van der Waals surface area contributed by atoms with Crippen LogP contribution in [0.15, 0.2) is 43.0 Å². The predicted octanol–water partition coefficient (Wildman–Crippen LogP) is 2.63. The van der Waals surface area contributed by atoms with E-state index in [-0.39, 0.29) is 5.91 Å². The summed E-state index contributed by atoms with van der Waals surface area (Å²) in [5.41, 5.74) is 1.40. The van der Waals surface area contributed by atoms with Gasteiger partial charge in [0.05, 0.1) is 0 Å². The lowest BCUT2D eigenvalue weighted by atomic mass is 10.1. The van der Waals surface area contributed by atoms with Crippen LogP contribution in [0.3, 0.4) is 0 Å². The normalized spacial score (nSPS) is 18.6. The summed E-state index contributed by atoms with van der Waals surface area (Å²) >= 11 is 0. The number of nitrogens with one attached hydrogen (secondary N) is 1. The third kappa shape index (κ3) is 5.72. The molecule has 1 aliphatic rings. The topological polar surface area (TPSA) is 32.3 Å². The fraction of sp³-hybridized carbons (Fsp3) is 0.500. The Morgan fingerprint density at radius 1 is 1.38 bits per heavy atom. The molecule has 1 N–H and O–H groups in total. The molecule has 1 unspecified atom stereocenters. The van der Waals surface area contributed by atoms with Gasteiger partial charge in [-0.05, 0) is 37.3 Å². The van der Waals surface area contributed by atoms with E-state index in [1.807, 2.05) is 0 Å². The minimum atomic E-state index is 0.151. The van der Waals surface area contributed by atoms with E-state index in [9.17, 15) is 4.79 Å². The SMILES string of the molecule is C=CCCC(=O)NCC1CCN(CCc2ccccc2)C1. The number of rotatable bonds is 8. The zero-order valence-electron chi connectivity index (χ0n) is 12.8. The van der Waals surface area contributed by atoms with Crippen LogP contribution in [-0.2, 0) is 11.2 Å². The van der Waals surface area contributed by atoms with Gasteiger partial charge in [0.25, 0.3) is 0 Å². The lowest BCUT2D eigenvalue weighted by molar-refractivity contribution is -0.121. The third-order valence-electron chi connectivity index (χ3n) is 4.09. The first-order valence-corrected chi connectivity index (χ1v) is 7.92. The van der Waals surface area contributed by atoms with Crippen molar-refractivity contribution in [3.63, 3.8) is 0 Å². The maximum absolute atomic E-state index is 11.6. The molecular formula is C18H26N2O. The zero-order chi connectivity index (χ0) is 14.9. The van der Waals surface area contributed by atoms with Crippen LogP contribution in [0.4, 0.5) is 0 Å². The van der Waals surface area contributed by atoms with Gasteiger partial charge in [0, 0.05) is 26.1 Å². The first kappa shape index (κ1) is 15.8. The Morgan fingerprint density at radius 2 is 2.19 bits per heavy atom. The predicted molar refractivity (Wildman–Crippen MR) is 87.1 cm³/mol. The quantitative estimate of drug-likeness (QED) is 0.745. The summed E-state index contributed by atoms with van der Waals surface area (Å²) in [6.45, 7) is 7.83. The summed E-state index contributed by atoms with van der Waals surface area (Å²) in [5.74, 6) is 0.756. The molecule has 3 nitrogen and oxygen atoms in total. The van der Waals surface area contributed by atoms with Crippen molar-refractivity contribution in [1.29, 1.82) is 0 Å². The smallest absolute Gasteiger partial charge is 0.220 e. The molecule has 1 fully saturated rings. The van der Waals surface area contributed by atoms with Crippen LogP contribution in [-0.4, -0.2) is 37.0 Å². The van der Waals surface area contributed by atoms with Crippen LogP contribution in [0.25, 0.3) is 0 Å². The average Bonchev–Trinajstić information content (AvgIpc) is 2.98. The molecule has 1 aromatic carbocycles. The lowest BCUT2D eigenvalue weighted by Crippen LogP contribution is -2.31. The van der Waals surface area contributed by atoms with E-state index in [0.29, 0.717) is 12.3 Å². The molecule has 0 aromatic heterocycles. The van der Waals surface area contributed by atoms with Gasteiger partial charge in [0.1, 0.15) is 0 Å². The highest BCUT2D eigenvalue weighted by Gasteiger charge is 2.22. The molecule has 0 saturated carbocycles. The monoisotopic (exact) mass is 286 g/mol. The molecule has 1 amide bonds. The van der Waals surface area contributed by atoms with E-state index in [2.05, 4.69) is 47.1 Å². The summed E-state index contributed by atoms with van der Waals surface area (Å²) < 4.78 is 0.